The van der Waals surface area contributed by atoms with Crippen LogP contribution in [0.5, 0.6) is 0 Å². The number of carbonyl (C=O) groups is 5. The van der Waals surface area contributed by atoms with E-state index in [1.165, 1.54) is 50.5 Å². The molecule has 284 valence electrons. The third-order valence-electron chi connectivity index (χ3n) is 10.7. The topological polar surface area (TPSA) is 174 Å². The van der Waals surface area contributed by atoms with E-state index in [-0.39, 0.29) is 24.0 Å². The quantitative estimate of drug-likeness (QED) is 0.173. The summed E-state index contributed by atoms with van der Waals surface area (Å²) in [6.07, 6.45) is -0.518. The molecule has 1 spiro atoms. The van der Waals surface area contributed by atoms with Crippen molar-refractivity contribution in [3.05, 3.63) is 108 Å². The number of pyridine rings is 1. The van der Waals surface area contributed by atoms with Gasteiger partial charge in [-0.25, -0.2) is 14.4 Å². The maximum Gasteiger partial charge on any atom is 0.340 e. The van der Waals surface area contributed by atoms with Gasteiger partial charge in [-0.15, -0.1) is 0 Å². The highest BCUT2D eigenvalue weighted by molar-refractivity contribution is 5.90. The van der Waals surface area contributed by atoms with Crippen molar-refractivity contribution in [1.82, 2.24) is 4.98 Å². The lowest BCUT2D eigenvalue weighted by Crippen LogP contribution is -2.83. The first-order chi connectivity index (χ1) is 25.6. The molecule has 2 aliphatic carbocycles. The van der Waals surface area contributed by atoms with Crippen LogP contribution in [0.1, 0.15) is 73.7 Å². The van der Waals surface area contributed by atoms with Crippen LogP contribution in [0.4, 0.5) is 0 Å². The molecule has 1 N–H and O–H groups in total. The number of esters is 5. The highest BCUT2D eigenvalue weighted by Crippen LogP contribution is 2.69. The fraction of sp³-hybridized carbons (Fsp3) is 0.415. The number of benzene rings is 2. The minimum Gasteiger partial charge on any atom is -0.465 e. The minimum atomic E-state index is -2.10. The molecule has 3 aromatic rings. The molecule has 54 heavy (non-hydrogen) atoms. The number of rotatable bonds is 10. The van der Waals surface area contributed by atoms with Crippen LogP contribution in [0.2, 0.25) is 0 Å². The lowest BCUT2D eigenvalue weighted by Gasteiger charge is -2.65. The highest BCUT2D eigenvalue weighted by atomic mass is 16.6. The Morgan fingerprint density at radius 3 is 2.09 bits per heavy atom. The molecular weight excluding hydrogens is 698 g/mol. The summed E-state index contributed by atoms with van der Waals surface area (Å²) in [7, 11) is 0. The number of hydrogen-bond acceptors (Lipinski definition) is 13. The molecule has 13 heteroatoms. The normalized spacial score (nSPS) is 30.7. The molecule has 8 atom stereocenters. The van der Waals surface area contributed by atoms with Crippen molar-refractivity contribution in [2.24, 2.45) is 11.3 Å². The fourth-order valence-electron chi connectivity index (χ4n) is 8.63. The summed E-state index contributed by atoms with van der Waals surface area (Å²) in [6, 6.07) is 20.1. The van der Waals surface area contributed by atoms with Crippen molar-refractivity contribution < 1.29 is 57.5 Å². The molecule has 6 rings (SSSR count). The summed E-state index contributed by atoms with van der Waals surface area (Å²) in [5, 5.41) is 12.6. The molecule has 1 aromatic heterocycles. The largest absolute Gasteiger partial charge is 0.465 e. The number of aromatic nitrogens is 1. The van der Waals surface area contributed by atoms with E-state index in [4.69, 9.17) is 28.4 Å². The highest BCUT2D eigenvalue weighted by Gasteiger charge is 2.87. The standard InChI is InChI=1S/C41H43NO12/c1-25(43)49-24-40-30(51-31(45)19-18-27-13-8-6-9-14-27)20-21-39(5,48)41(40)34(50-26(2)44)32(38(3,4)54-41)33(52-37(47)29-17-12-22-42-23-29)35(40)53-36(46)28-15-10-7-11-16-28/h6-19,22-23,30,32-35,48H,20-21,24H2,1-5H3/b19-18+/t30-,32+,33+,34-,35+,39+,40-,41-/m0/s1. The van der Waals surface area contributed by atoms with Gasteiger partial charge in [0.15, 0.2) is 11.7 Å². The molecule has 2 saturated carbocycles. The Hall–Kier alpha value is -5.40. The number of fused-ring (bicyclic) bond motifs is 1. The van der Waals surface area contributed by atoms with Gasteiger partial charge in [0, 0.05) is 32.3 Å². The van der Waals surface area contributed by atoms with E-state index in [9.17, 15) is 29.1 Å². The van der Waals surface area contributed by atoms with Crippen LogP contribution in [0, 0.1) is 11.3 Å². The maximum absolute atomic E-state index is 14.2. The van der Waals surface area contributed by atoms with Crippen molar-refractivity contribution >= 4 is 35.9 Å². The van der Waals surface area contributed by atoms with Gasteiger partial charge in [0.1, 0.15) is 30.3 Å². The zero-order chi connectivity index (χ0) is 38.9. The number of carbonyl (C=O) groups excluding carboxylic acids is 5. The van der Waals surface area contributed by atoms with Gasteiger partial charge in [-0.05, 0) is 69.5 Å². The van der Waals surface area contributed by atoms with Gasteiger partial charge in [0.25, 0.3) is 0 Å². The van der Waals surface area contributed by atoms with Gasteiger partial charge in [0.2, 0.25) is 0 Å². The number of nitrogens with zero attached hydrogens (tertiary/aromatic N) is 1. The number of ether oxygens (including phenoxy) is 6. The van der Waals surface area contributed by atoms with Crippen molar-refractivity contribution in [2.75, 3.05) is 6.61 Å². The number of hydrogen-bond donors (Lipinski definition) is 1. The zero-order valence-corrected chi connectivity index (χ0v) is 30.6. The smallest absolute Gasteiger partial charge is 0.340 e. The van der Waals surface area contributed by atoms with Gasteiger partial charge in [0.05, 0.1) is 28.2 Å². The molecule has 2 bridgehead atoms. The van der Waals surface area contributed by atoms with Gasteiger partial charge >= 0.3 is 29.8 Å². The van der Waals surface area contributed by atoms with Crippen molar-refractivity contribution in [3.8, 4) is 0 Å². The number of aliphatic hydroxyl groups is 1. The molecular formula is C41H43NO12. The maximum atomic E-state index is 14.2. The minimum absolute atomic E-state index is 0.0573. The Labute approximate surface area is 312 Å². The monoisotopic (exact) mass is 741 g/mol. The molecule has 1 aliphatic heterocycles. The summed E-state index contributed by atoms with van der Waals surface area (Å²) in [5.41, 5.74) is -6.59. The third-order valence-corrected chi connectivity index (χ3v) is 10.7. The van der Waals surface area contributed by atoms with Crippen molar-refractivity contribution in [1.29, 1.82) is 0 Å². The Morgan fingerprint density at radius 2 is 1.46 bits per heavy atom. The predicted molar refractivity (Wildman–Crippen MR) is 190 cm³/mol. The predicted octanol–water partition coefficient (Wildman–Crippen LogP) is 4.66. The molecule has 2 heterocycles. The Bertz CT molecular complexity index is 1910. The Kier molecular flexibility index (Phi) is 10.5. The molecule has 0 amide bonds. The van der Waals surface area contributed by atoms with Crippen LogP contribution in [0.25, 0.3) is 6.08 Å². The van der Waals surface area contributed by atoms with Gasteiger partial charge in [-0.2, -0.15) is 0 Å². The van der Waals surface area contributed by atoms with E-state index in [1.807, 2.05) is 6.07 Å². The lowest BCUT2D eigenvalue weighted by atomic mass is 9.46. The molecule has 2 aromatic carbocycles. The summed E-state index contributed by atoms with van der Waals surface area (Å²) in [4.78, 5) is 71.8. The van der Waals surface area contributed by atoms with Crippen molar-refractivity contribution in [3.63, 3.8) is 0 Å². The summed E-state index contributed by atoms with van der Waals surface area (Å²) in [6.45, 7) is 6.47. The SMILES string of the molecule is CC(=O)OC[C@@]12[C@@H](OC(=O)/C=C/c3ccccc3)CC[C@@](C)(O)[C@]13OC(C)(C)[C@H]([C@@H](OC(=O)c1cccnc1)[C@H]2OC(=O)c1ccccc1)[C@@H]3OC(C)=O. The van der Waals surface area contributed by atoms with Crippen LogP contribution in [-0.2, 0) is 42.8 Å². The summed E-state index contributed by atoms with van der Waals surface area (Å²) in [5.74, 6) is -5.16. The second kappa shape index (κ2) is 14.8. The molecule has 0 radical (unpaired) electrons. The van der Waals surface area contributed by atoms with E-state index in [2.05, 4.69) is 4.98 Å². The van der Waals surface area contributed by atoms with E-state index >= 15 is 0 Å². The first-order valence-corrected chi connectivity index (χ1v) is 17.7. The van der Waals surface area contributed by atoms with Crippen LogP contribution >= 0.6 is 0 Å². The molecule has 3 fully saturated rings. The summed E-state index contributed by atoms with van der Waals surface area (Å²) >= 11 is 0. The Morgan fingerprint density at radius 1 is 0.815 bits per heavy atom. The van der Waals surface area contributed by atoms with Gasteiger partial charge in [-0.1, -0.05) is 48.5 Å². The zero-order valence-electron chi connectivity index (χ0n) is 30.6. The summed E-state index contributed by atoms with van der Waals surface area (Å²) < 4.78 is 37.8. The van der Waals surface area contributed by atoms with E-state index in [0.717, 1.165) is 6.92 Å². The fourth-order valence-corrected chi connectivity index (χ4v) is 8.63. The molecule has 1 saturated heterocycles. The second-order valence-electron chi connectivity index (χ2n) is 14.6. The molecule has 13 nitrogen and oxygen atoms in total. The first-order valence-electron chi connectivity index (χ1n) is 17.7. The lowest BCUT2D eigenvalue weighted by molar-refractivity contribution is -0.348. The van der Waals surface area contributed by atoms with Gasteiger partial charge in [-0.3, -0.25) is 14.6 Å². The second-order valence-corrected chi connectivity index (χ2v) is 14.6. The Balaban J connectivity index is 1.61. The van der Waals surface area contributed by atoms with Crippen molar-refractivity contribution in [2.45, 2.75) is 88.7 Å². The van der Waals surface area contributed by atoms with Crippen LogP contribution in [-0.4, -0.2) is 87.8 Å². The van der Waals surface area contributed by atoms with Crippen LogP contribution in [0.15, 0.2) is 91.3 Å². The third kappa shape index (κ3) is 6.77. The average molecular weight is 742 g/mol. The van der Waals surface area contributed by atoms with E-state index < -0.39 is 89.0 Å². The van der Waals surface area contributed by atoms with E-state index in [1.54, 1.807) is 68.5 Å². The average Bonchev–Trinajstić information content (AvgIpc) is 3.34. The van der Waals surface area contributed by atoms with Crippen LogP contribution < -0.4 is 0 Å². The molecule has 3 aliphatic rings. The van der Waals surface area contributed by atoms with Gasteiger partial charge < -0.3 is 33.5 Å². The molecule has 0 unspecified atom stereocenters. The first kappa shape index (κ1) is 38.3. The van der Waals surface area contributed by atoms with E-state index in [0.29, 0.717) is 5.56 Å². The van der Waals surface area contributed by atoms with Crippen LogP contribution in [0.3, 0.4) is 0 Å².